The lowest BCUT2D eigenvalue weighted by Gasteiger charge is -2.06. The van der Waals surface area contributed by atoms with E-state index in [1.54, 1.807) is 0 Å². The van der Waals surface area contributed by atoms with Gasteiger partial charge in [-0.15, -0.1) is 0 Å². The fourth-order valence-corrected chi connectivity index (χ4v) is 3.21. The van der Waals surface area contributed by atoms with Crippen LogP contribution in [0.5, 0.6) is 0 Å². The average molecular weight is 333 g/mol. The van der Waals surface area contributed by atoms with Gasteiger partial charge < -0.3 is 9.30 Å². The molecule has 0 aliphatic carbocycles. The number of hydrogen-bond donors (Lipinski definition) is 0. The molecule has 4 rings (SSSR count). The summed E-state index contributed by atoms with van der Waals surface area (Å²) >= 11 is 0. The minimum absolute atomic E-state index is 0.116. The molecular weight excluding hydrogens is 314 g/mol. The van der Waals surface area contributed by atoms with Crippen molar-refractivity contribution in [2.24, 2.45) is 0 Å². The normalized spacial score (nSPS) is 11.5. The number of fused-ring (bicyclic) bond motifs is 4. The molecule has 0 amide bonds. The van der Waals surface area contributed by atoms with E-state index in [9.17, 15) is 4.79 Å². The molecular formula is C20H19N3O2. The maximum atomic E-state index is 11.9. The van der Waals surface area contributed by atoms with Crippen molar-refractivity contribution in [2.75, 3.05) is 7.11 Å². The van der Waals surface area contributed by atoms with Crippen molar-refractivity contribution < 1.29 is 9.53 Å². The number of methoxy groups -OCH3 is 1. The van der Waals surface area contributed by atoms with Gasteiger partial charge in [-0.2, -0.15) is 0 Å². The number of carbonyl (C=O) groups is 1. The predicted molar refractivity (Wildman–Crippen MR) is 98.8 cm³/mol. The van der Waals surface area contributed by atoms with Crippen LogP contribution in [0.2, 0.25) is 0 Å². The van der Waals surface area contributed by atoms with Crippen LogP contribution in [0.3, 0.4) is 0 Å². The molecule has 0 radical (unpaired) electrons. The maximum absolute atomic E-state index is 11.9. The number of aromatic nitrogens is 3. The number of ether oxygens (including phenoxy) is 1. The number of nitrogens with zero attached hydrogens (tertiary/aromatic N) is 3. The second-order valence-corrected chi connectivity index (χ2v) is 6.50. The molecule has 0 spiro atoms. The Bertz CT molecular complexity index is 1160. The van der Waals surface area contributed by atoms with Crippen LogP contribution in [0, 0.1) is 20.8 Å². The topological polar surface area (TPSA) is 57.0 Å². The molecule has 0 aliphatic heterocycles. The molecule has 0 atom stereocenters. The zero-order valence-corrected chi connectivity index (χ0v) is 14.8. The number of esters is 1. The van der Waals surface area contributed by atoms with E-state index < -0.39 is 0 Å². The van der Waals surface area contributed by atoms with Crippen LogP contribution in [-0.4, -0.2) is 27.6 Å². The van der Waals surface area contributed by atoms with Crippen molar-refractivity contribution in [3.05, 3.63) is 47.0 Å². The molecule has 0 saturated carbocycles. The highest BCUT2D eigenvalue weighted by Gasteiger charge is 2.17. The van der Waals surface area contributed by atoms with Crippen LogP contribution in [0.4, 0.5) is 0 Å². The van der Waals surface area contributed by atoms with Crippen molar-refractivity contribution >= 4 is 39.1 Å². The molecule has 2 aromatic heterocycles. The van der Waals surface area contributed by atoms with Crippen LogP contribution >= 0.6 is 0 Å². The standard InChI is InChI=1S/C20H19N3O2/c1-11-5-6-17-14(7-11)19-20(23(17)10-18(24)25-4)22-16-9-13(3)12(2)8-15(16)21-19/h5-9H,10H2,1-4H3. The van der Waals surface area contributed by atoms with E-state index in [0.29, 0.717) is 5.65 Å². The summed E-state index contributed by atoms with van der Waals surface area (Å²) in [5.41, 5.74) is 7.68. The summed E-state index contributed by atoms with van der Waals surface area (Å²) in [6, 6.07) is 10.2. The molecule has 5 heteroatoms. The van der Waals surface area contributed by atoms with Crippen molar-refractivity contribution in [1.82, 2.24) is 14.5 Å². The van der Waals surface area contributed by atoms with Crippen LogP contribution < -0.4 is 0 Å². The third-order valence-electron chi connectivity index (χ3n) is 4.73. The lowest BCUT2D eigenvalue weighted by Crippen LogP contribution is -2.11. The fourth-order valence-electron chi connectivity index (χ4n) is 3.21. The number of rotatable bonds is 2. The van der Waals surface area contributed by atoms with Crippen molar-refractivity contribution in [2.45, 2.75) is 27.3 Å². The Labute approximate surface area is 145 Å². The Kier molecular flexibility index (Phi) is 3.46. The molecule has 0 N–H and O–H groups in total. The largest absolute Gasteiger partial charge is 0.468 e. The number of benzene rings is 2. The summed E-state index contributed by atoms with van der Waals surface area (Å²) in [5, 5.41) is 1.01. The third-order valence-corrected chi connectivity index (χ3v) is 4.73. The molecule has 0 unspecified atom stereocenters. The van der Waals surface area contributed by atoms with Crippen LogP contribution in [0.15, 0.2) is 30.3 Å². The Morgan fingerprint density at radius 2 is 1.72 bits per heavy atom. The lowest BCUT2D eigenvalue weighted by molar-refractivity contribution is -0.141. The molecule has 0 bridgehead atoms. The molecule has 4 aromatic rings. The van der Waals surface area contributed by atoms with E-state index in [-0.39, 0.29) is 12.5 Å². The summed E-state index contributed by atoms with van der Waals surface area (Å²) in [6.45, 7) is 6.30. The Morgan fingerprint density at radius 1 is 1.04 bits per heavy atom. The van der Waals surface area contributed by atoms with Crippen molar-refractivity contribution in [1.29, 1.82) is 0 Å². The Hall–Kier alpha value is -2.95. The lowest BCUT2D eigenvalue weighted by atomic mass is 10.1. The first-order chi connectivity index (χ1) is 12.0. The molecule has 126 valence electrons. The zero-order chi connectivity index (χ0) is 17.7. The first-order valence-electron chi connectivity index (χ1n) is 8.22. The minimum Gasteiger partial charge on any atom is -0.468 e. The first-order valence-corrected chi connectivity index (χ1v) is 8.22. The molecule has 0 saturated heterocycles. The van der Waals surface area contributed by atoms with E-state index in [4.69, 9.17) is 14.7 Å². The van der Waals surface area contributed by atoms with Crippen LogP contribution in [0.25, 0.3) is 33.1 Å². The number of aryl methyl sites for hydroxylation is 3. The molecule has 5 nitrogen and oxygen atoms in total. The van der Waals surface area contributed by atoms with Crippen molar-refractivity contribution in [3.8, 4) is 0 Å². The van der Waals surface area contributed by atoms with Gasteiger partial charge in [-0.05, 0) is 56.2 Å². The highest BCUT2D eigenvalue weighted by Crippen LogP contribution is 2.29. The Morgan fingerprint density at radius 3 is 2.40 bits per heavy atom. The van der Waals surface area contributed by atoms with E-state index >= 15 is 0 Å². The van der Waals surface area contributed by atoms with Gasteiger partial charge in [0.2, 0.25) is 0 Å². The Balaban J connectivity index is 2.14. The van der Waals surface area contributed by atoms with Gasteiger partial charge in [-0.3, -0.25) is 4.79 Å². The highest BCUT2D eigenvalue weighted by molar-refractivity contribution is 6.07. The zero-order valence-electron chi connectivity index (χ0n) is 14.8. The maximum Gasteiger partial charge on any atom is 0.325 e. The molecule has 2 aromatic carbocycles. The van der Waals surface area contributed by atoms with Gasteiger partial charge in [-0.1, -0.05) is 11.6 Å². The molecule has 25 heavy (non-hydrogen) atoms. The number of carbonyl (C=O) groups excluding carboxylic acids is 1. The second kappa shape index (κ2) is 5.55. The van der Waals surface area contributed by atoms with Gasteiger partial charge >= 0.3 is 5.97 Å². The van der Waals surface area contributed by atoms with Crippen LogP contribution in [-0.2, 0) is 16.1 Å². The minimum atomic E-state index is -0.304. The van der Waals surface area contributed by atoms with Gasteiger partial charge in [-0.25, -0.2) is 9.97 Å². The predicted octanol–water partition coefficient (Wildman–Crippen LogP) is 3.84. The average Bonchev–Trinajstić information content (AvgIpc) is 2.86. The third kappa shape index (κ3) is 2.43. The highest BCUT2D eigenvalue weighted by atomic mass is 16.5. The SMILES string of the molecule is COC(=O)Cn1c2ccc(C)cc2c2nc3cc(C)c(C)cc3nc21. The molecule has 0 aliphatic rings. The van der Waals surface area contributed by atoms with Crippen LogP contribution in [0.1, 0.15) is 16.7 Å². The summed E-state index contributed by atoms with van der Waals surface area (Å²) < 4.78 is 6.75. The van der Waals surface area contributed by atoms with Gasteiger partial charge in [0.1, 0.15) is 12.1 Å². The fraction of sp³-hybridized carbons (Fsp3) is 0.250. The van der Waals surface area contributed by atoms with Crippen molar-refractivity contribution in [3.63, 3.8) is 0 Å². The second-order valence-electron chi connectivity index (χ2n) is 6.50. The van der Waals surface area contributed by atoms with E-state index in [2.05, 4.69) is 26.0 Å². The van der Waals surface area contributed by atoms with Gasteiger partial charge in [0, 0.05) is 5.39 Å². The summed E-state index contributed by atoms with van der Waals surface area (Å²) in [5.74, 6) is -0.304. The monoisotopic (exact) mass is 333 g/mol. The first kappa shape index (κ1) is 15.6. The number of hydrogen-bond acceptors (Lipinski definition) is 4. The summed E-state index contributed by atoms with van der Waals surface area (Å²) in [7, 11) is 1.40. The quantitative estimate of drug-likeness (QED) is 0.523. The van der Waals surface area contributed by atoms with E-state index in [0.717, 1.165) is 33.0 Å². The van der Waals surface area contributed by atoms with E-state index in [1.807, 2.05) is 29.7 Å². The van der Waals surface area contributed by atoms with Gasteiger partial charge in [0.15, 0.2) is 5.65 Å². The smallest absolute Gasteiger partial charge is 0.325 e. The molecule has 2 heterocycles. The van der Waals surface area contributed by atoms with Gasteiger partial charge in [0.05, 0.1) is 23.7 Å². The summed E-state index contributed by atoms with van der Waals surface area (Å²) in [6.07, 6.45) is 0. The van der Waals surface area contributed by atoms with Gasteiger partial charge in [0.25, 0.3) is 0 Å². The van der Waals surface area contributed by atoms with E-state index in [1.165, 1.54) is 18.2 Å². The molecule has 0 fully saturated rings. The summed E-state index contributed by atoms with van der Waals surface area (Å²) in [4.78, 5) is 21.6.